The van der Waals surface area contributed by atoms with E-state index in [1.165, 1.54) is 0 Å². The Morgan fingerprint density at radius 2 is 2.26 bits per heavy atom. The predicted octanol–water partition coefficient (Wildman–Crippen LogP) is 2.13. The van der Waals surface area contributed by atoms with E-state index in [0.29, 0.717) is 19.4 Å². The molecule has 23 heavy (non-hydrogen) atoms. The number of carbonyl (C=O) groups is 2. The van der Waals surface area contributed by atoms with Crippen LogP contribution in [0.4, 0.5) is 11.4 Å². The van der Waals surface area contributed by atoms with Gasteiger partial charge in [0, 0.05) is 31.4 Å². The average Bonchev–Trinajstić information content (AvgIpc) is 2.72. The highest BCUT2D eigenvalue weighted by Gasteiger charge is 2.18. The summed E-state index contributed by atoms with van der Waals surface area (Å²) >= 11 is 0. The Morgan fingerprint density at radius 3 is 3.00 bits per heavy atom. The fraction of sp³-hybridized carbons (Fsp3) is 0.471. The molecule has 6 heteroatoms. The normalized spacial score (nSPS) is 14.7. The molecule has 1 heterocycles. The Morgan fingerprint density at radius 1 is 1.48 bits per heavy atom. The number of nitriles is 1. The molecule has 0 bridgehead atoms. The fourth-order valence-electron chi connectivity index (χ4n) is 2.63. The number of rotatable bonds is 5. The number of anilines is 2. The molecular weight excluding hydrogens is 292 g/mol. The Labute approximate surface area is 136 Å². The molecule has 0 aromatic heterocycles. The van der Waals surface area contributed by atoms with Crippen molar-refractivity contribution in [2.75, 3.05) is 24.2 Å². The van der Waals surface area contributed by atoms with E-state index in [1.807, 2.05) is 24.3 Å². The summed E-state index contributed by atoms with van der Waals surface area (Å²) in [6.45, 7) is 2.23. The first-order chi connectivity index (χ1) is 11.0. The molecule has 2 rings (SSSR count). The number of nitrogens with zero attached hydrogens (tertiary/aromatic N) is 2. The van der Waals surface area contributed by atoms with Crippen molar-refractivity contribution in [2.24, 2.45) is 0 Å². The van der Waals surface area contributed by atoms with Crippen molar-refractivity contribution in [2.45, 2.75) is 38.6 Å². The molecule has 122 valence electrons. The maximum Gasteiger partial charge on any atom is 0.244 e. The number of carbonyl (C=O) groups excluding carboxylic acids is 2. The van der Waals surface area contributed by atoms with E-state index in [-0.39, 0.29) is 17.9 Å². The van der Waals surface area contributed by atoms with Crippen LogP contribution >= 0.6 is 0 Å². The molecule has 1 atom stereocenters. The maximum atomic E-state index is 12.2. The van der Waals surface area contributed by atoms with E-state index >= 15 is 0 Å². The van der Waals surface area contributed by atoms with Crippen molar-refractivity contribution in [3.05, 3.63) is 23.8 Å². The van der Waals surface area contributed by atoms with Gasteiger partial charge in [-0.3, -0.25) is 9.59 Å². The number of amides is 2. The Kier molecular flexibility index (Phi) is 5.58. The van der Waals surface area contributed by atoms with Gasteiger partial charge in [-0.2, -0.15) is 5.26 Å². The lowest BCUT2D eigenvalue weighted by Crippen LogP contribution is -2.39. The number of hydrogen-bond donors (Lipinski definition) is 2. The summed E-state index contributed by atoms with van der Waals surface area (Å²) in [6.07, 6.45) is 2.53. The van der Waals surface area contributed by atoms with E-state index in [4.69, 9.17) is 5.26 Å². The smallest absolute Gasteiger partial charge is 0.244 e. The van der Waals surface area contributed by atoms with Crippen molar-refractivity contribution in [1.82, 2.24) is 4.90 Å². The number of benzene rings is 1. The minimum atomic E-state index is -0.378. The van der Waals surface area contributed by atoms with Gasteiger partial charge in [0.05, 0.1) is 12.5 Å². The average molecular weight is 314 g/mol. The van der Waals surface area contributed by atoms with Gasteiger partial charge >= 0.3 is 0 Å². The lowest BCUT2D eigenvalue weighted by molar-refractivity contribution is -0.130. The maximum absolute atomic E-state index is 12.2. The van der Waals surface area contributed by atoms with Crippen LogP contribution in [0.3, 0.4) is 0 Å². The highest BCUT2D eigenvalue weighted by Crippen LogP contribution is 2.25. The largest absolute Gasteiger partial charge is 0.374 e. The Bertz CT molecular complexity index is 636. The first-order valence-corrected chi connectivity index (χ1v) is 7.82. The number of aryl methyl sites for hydroxylation is 1. The molecule has 0 radical (unpaired) electrons. The zero-order chi connectivity index (χ0) is 16.8. The molecule has 1 aliphatic rings. The van der Waals surface area contributed by atoms with Gasteiger partial charge in [0.1, 0.15) is 6.04 Å². The van der Waals surface area contributed by atoms with E-state index in [2.05, 4.69) is 10.6 Å². The third kappa shape index (κ3) is 4.46. The first-order valence-electron chi connectivity index (χ1n) is 7.82. The van der Waals surface area contributed by atoms with E-state index in [9.17, 15) is 9.59 Å². The number of hydrogen-bond acceptors (Lipinski definition) is 4. The zero-order valence-corrected chi connectivity index (χ0v) is 13.6. The molecule has 0 saturated carbocycles. The number of likely N-dealkylation sites (N-methyl/N-ethyl adjacent to an activating group) is 1. The lowest BCUT2D eigenvalue weighted by atomic mass is 10.1. The van der Waals surface area contributed by atoms with Crippen LogP contribution in [-0.4, -0.2) is 36.3 Å². The van der Waals surface area contributed by atoms with Crippen LogP contribution in [0.2, 0.25) is 0 Å². The summed E-state index contributed by atoms with van der Waals surface area (Å²) in [5.74, 6) is -0.00406. The predicted molar refractivity (Wildman–Crippen MR) is 89.0 cm³/mol. The lowest BCUT2D eigenvalue weighted by Gasteiger charge is -2.22. The van der Waals surface area contributed by atoms with E-state index in [1.54, 1.807) is 18.9 Å². The van der Waals surface area contributed by atoms with Gasteiger partial charge in [0.25, 0.3) is 0 Å². The van der Waals surface area contributed by atoms with Crippen LogP contribution in [0.25, 0.3) is 0 Å². The molecule has 1 aliphatic heterocycles. The summed E-state index contributed by atoms with van der Waals surface area (Å²) in [5, 5.41) is 14.7. The van der Waals surface area contributed by atoms with Gasteiger partial charge in [0.2, 0.25) is 11.8 Å². The Hall–Kier alpha value is -2.55. The minimum absolute atomic E-state index is 0.0483. The van der Waals surface area contributed by atoms with Crippen LogP contribution < -0.4 is 10.6 Å². The highest BCUT2D eigenvalue weighted by atomic mass is 16.2. The van der Waals surface area contributed by atoms with Gasteiger partial charge in [-0.25, -0.2) is 0 Å². The summed E-state index contributed by atoms with van der Waals surface area (Å²) in [4.78, 5) is 25.4. The summed E-state index contributed by atoms with van der Waals surface area (Å²) in [6, 6.07) is 7.38. The van der Waals surface area contributed by atoms with Gasteiger partial charge in [-0.1, -0.05) is 0 Å². The number of fused-ring (bicyclic) bond motifs is 1. The Balaban J connectivity index is 2.03. The van der Waals surface area contributed by atoms with Crippen molar-refractivity contribution < 1.29 is 9.59 Å². The third-order valence-corrected chi connectivity index (χ3v) is 3.92. The van der Waals surface area contributed by atoms with Crippen molar-refractivity contribution in [3.8, 4) is 6.07 Å². The SMILES string of the molecule is C[C@H](Nc1ccc2c(c1)CCCC(=O)N2)C(=O)N(C)CCC#N. The topological polar surface area (TPSA) is 85.2 Å². The molecule has 0 fully saturated rings. The van der Waals surface area contributed by atoms with Crippen LogP contribution in [0.5, 0.6) is 0 Å². The van der Waals surface area contributed by atoms with Crippen LogP contribution in [-0.2, 0) is 16.0 Å². The van der Waals surface area contributed by atoms with Crippen molar-refractivity contribution >= 4 is 23.2 Å². The molecule has 0 saturated heterocycles. The second kappa shape index (κ2) is 7.63. The van der Waals surface area contributed by atoms with Gasteiger partial charge < -0.3 is 15.5 Å². The van der Waals surface area contributed by atoms with Gasteiger partial charge in [-0.05, 0) is 43.5 Å². The molecule has 0 unspecified atom stereocenters. The molecule has 0 aliphatic carbocycles. The van der Waals surface area contributed by atoms with Crippen molar-refractivity contribution in [3.63, 3.8) is 0 Å². The monoisotopic (exact) mass is 314 g/mol. The van der Waals surface area contributed by atoms with E-state index in [0.717, 1.165) is 29.8 Å². The van der Waals surface area contributed by atoms with Crippen LogP contribution in [0, 0.1) is 11.3 Å². The van der Waals surface area contributed by atoms with Gasteiger partial charge in [-0.15, -0.1) is 0 Å². The molecule has 1 aromatic carbocycles. The number of nitrogens with one attached hydrogen (secondary N) is 2. The summed E-state index contributed by atoms with van der Waals surface area (Å²) < 4.78 is 0. The molecule has 2 N–H and O–H groups in total. The van der Waals surface area contributed by atoms with Gasteiger partial charge in [0.15, 0.2) is 0 Å². The minimum Gasteiger partial charge on any atom is -0.374 e. The first kappa shape index (κ1) is 16.8. The van der Waals surface area contributed by atoms with E-state index < -0.39 is 0 Å². The third-order valence-electron chi connectivity index (χ3n) is 3.92. The summed E-state index contributed by atoms with van der Waals surface area (Å²) in [5.41, 5.74) is 2.79. The molecule has 2 amide bonds. The summed E-state index contributed by atoms with van der Waals surface area (Å²) in [7, 11) is 1.70. The highest BCUT2D eigenvalue weighted by molar-refractivity contribution is 5.92. The second-order valence-corrected chi connectivity index (χ2v) is 5.81. The standard InChI is InChI=1S/C17H22N4O2/c1-12(17(23)21(2)10-4-9-18)19-14-7-8-15-13(11-14)5-3-6-16(22)20-15/h7-8,11-12,19H,3-6,10H2,1-2H3,(H,20,22)/t12-/m0/s1. The fourth-order valence-corrected chi connectivity index (χ4v) is 2.63. The van der Waals surface area contributed by atoms with Crippen LogP contribution in [0.15, 0.2) is 18.2 Å². The second-order valence-electron chi connectivity index (χ2n) is 5.81. The molecule has 6 nitrogen and oxygen atoms in total. The van der Waals surface area contributed by atoms with Crippen LogP contribution in [0.1, 0.15) is 31.7 Å². The molecular formula is C17H22N4O2. The molecule has 1 aromatic rings. The zero-order valence-electron chi connectivity index (χ0n) is 13.6. The quantitative estimate of drug-likeness (QED) is 0.872. The van der Waals surface area contributed by atoms with Crippen molar-refractivity contribution in [1.29, 1.82) is 5.26 Å². The molecule has 0 spiro atoms.